The van der Waals surface area contributed by atoms with Gasteiger partial charge in [-0.15, -0.1) is 24.0 Å². The van der Waals surface area contributed by atoms with E-state index in [1.807, 2.05) is 12.1 Å². The van der Waals surface area contributed by atoms with Gasteiger partial charge in [0.2, 0.25) is 0 Å². The highest BCUT2D eigenvalue weighted by atomic mass is 127. The molecule has 0 bridgehead atoms. The first kappa shape index (κ1) is 26.4. The first-order chi connectivity index (χ1) is 15.1. The van der Waals surface area contributed by atoms with Crippen molar-refractivity contribution in [3.8, 4) is 5.75 Å². The molecule has 1 aliphatic heterocycles. The average molecular weight is 553 g/mol. The molecule has 0 aromatic heterocycles. The van der Waals surface area contributed by atoms with Crippen LogP contribution in [0, 0.1) is 5.92 Å². The standard InChI is InChI=1S/C25H36N4O2.HI/c1-20(2)19-31-24-10-8-21(9-11-24)16-27-25(26-3)28-17-22-6-4-5-7-23(22)18-29-12-14-30-15-13-29;/h4-11,20H,12-19H2,1-3H3,(H2,26,27,28);1H. The van der Waals surface area contributed by atoms with Gasteiger partial charge >= 0.3 is 0 Å². The number of rotatable bonds is 9. The van der Waals surface area contributed by atoms with Crippen LogP contribution in [-0.4, -0.2) is 50.8 Å². The maximum Gasteiger partial charge on any atom is 0.191 e. The molecule has 7 heteroatoms. The van der Waals surface area contributed by atoms with Crippen LogP contribution in [0.25, 0.3) is 0 Å². The van der Waals surface area contributed by atoms with Crippen molar-refractivity contribution in [1.82, 2.24) is 15.5 Å². The van der Waals surface area contributed by atoms with Gasteiger partial charge in [0, 0.05) is 39.8 Å². The molecule has 0 saturated carbocycles. The molecule has 32 heavy (non-hydrogen) atoms. The van der Waals surface area contributed by atoms with Crippen LogP contribution in [0.1, 0.15) is 30.5 Å². The van der Waals surface area contributed by atoms with Crippen molar-refractivity contribution >= 4 is 29.9 Å². The van der Waals surface area contributed by atoms with Gasteiger partial charge in [-0.25, -0.2) is 0 Å². The molecule has 2 aromatic rings. The van der Waals surface area contributed by atoms with Crippen LogP contribution < -0.4 is 15.4 Å². The second-order valence-corrected chi connectivity index (χ2v) is 8.29. The Hall–Kier alpha value is -1.84. The number of halogens is 1. The molecule has 1 fully saturated rings. The molecule has 0 atom stereocenters. The smallest absolute Gasteiger partial charge is 0.191 e. The molecule has 2 aromatic carbocycles. The highest BCUT2D eigenvalue weighted by Crippen LogP contribution is 2.14. The zero-order valence-corrected chi connectivity index (χ0v) is 21.8. The quantitative estimate of drug-likeness (QED) is 0.280. The Kier molecular flexibility index (Phi) is 11.8. The minimum Gasteiger partial charge on any atom is -0.493 e. The van der Waals surface area contributed by atoms with Crippen LogP contribution in [-0.2, 0) is 24.4 Å². The van der Waals surface area contributed by atoms with Crippen LogP contribution in [0.3, 0.4) is 0 Å². The van der Waals surface area contributed by atoms with E-state index in [9.17, 15) is 0 Å². The third-order valence-corrected chi connectivity index (χ3v) is 5.25. The fourth-order valence-electron chi connectivity index (χ4n) is 3.44. The lowest BCUT2D eigenvalue weighted by Crippen LogP contribution is -2.37. The Bertz CT molecular complexity index is 821. The Balaban J connectivity index is 0.00000363. The molecule has 0 aliphatic carbocycles. The van der Waals surface area contributed by atoms with E-state index in [2.05, 4.69) is 70.8 Å². The zero-order valence-electron chi connectivity index (χ0n) is 19.5. The number of hydrogen-bond acceptors (Lipinski definition) is 4. The fourth-order valence-corrected chi connectivity index (χ4v) is 3.44. The zero-order chi connectivity index (χ0) is 21.9. The third kappa shape index (κ3) is 8.96. The topological polar surface area (TPSA) is 58.1 Å². The van der Waals surface area contributed by atoms with Crippen molar-refractivity contribution in [3.63, 3.8) is 0 Å². The van der Waals surface area contributed by atoms with Gasteiger partial charge in [-0.1, -0.05) is 50.2 Å². The lowest BCUT2D eigenvalue weighted by molar-refractivity contribution is 0.0341. The predicted octanol–water partition coefficient (Wildman–Crippen LogP) is 4.04. The van der Waals surface area contributed by atoms with Crippen molar-refractivity contribution < 1.29 is 9.47 Å². The molecular weight excluding hydrogens is 515 g/mol. The molecule has 1 aliphatic rings. The normalized spacial score (nSPS) is 14.7. The van der Waals surface area contributed by atoms with Crippen LogP contribution >= 0.6 is 24.0 Å². The SMILES string of the molecule is CN=C(NCc1ccc(OCC(C)C)cc1)NCc1ccccc1CN1CCOCC1.I. The molecule has 0 unspecified atom stereocenters. The van der Waals surface area contributed by atoms with Gasteiger partial charge in [0.15, 0.2) is 5.96 Å². The summed E-state index contributed by atoms with van der Waals surface area (Å²) in [6, 6.07) is 16.8. The summed E-state index contributed by atoms with van der Waals surface area (Å²) in [6.45, 7) is 11.1. The van der Waals surface area contributed by atoms with Crippen molar-refractivity contribution in [1.29, 1.82) is 0 Å². The maximum absolute atomic E-state index is 5.76. The van der Waals surface area contributed by atoms with Gasteiger partial charge in [0.05, 0.1) is 19.8 Å². The van der Waals surface area contributed by atoms with E-state index >= 15 is 0 Å². The summed E-state index contributed by atoms with van der Waals surface area (Å²) in [7, 11) is 1.80. The van der Waals surface area contributed by atoms with Crippen LogP contribution in [0.5, 0.6) is 5.75 Å². The largest absolute Gasteiger partial charge is 0.493 e. The number of nitrogens with zero attached hydrogens (tertiary/aromatic N) is 2. The van der Waals surface area contributed by atoms with Gasteiger partial charge < -0.3 is 20.1 Å². The van der Waals surface area contributed by atoms with E-state index < -0.39 is 0 Å². The Labute approximate surface area is 209 Å². The summed E-state index contributed by atoms with van der Waals surface area (Å²) in [6.07, 6.45) is 0. The molecule has 0 amide bonds. The molecule has 1 heterocycles. The van der Waals surface area contributed by atoms with E-state index in [1.54, 1.807) is 7.05 Å². The minimum absolute atomic E-state index is 0. The molecule has 176 valence electrons. The highest BCUT2D eigenvalue weighted by Gasteiger charge is 2.12. The average Bonchev–Trinajstić information content (AvgIpc) is 2.80. The lowest BCUT2D eigenvalue weighted by atomic mass is 10.1. The van der Waals surface area contributed by atoms with Crippen LogP contribution in [0.2, 0.25) is 0 Å². The third-order valence-electron chi connectivity index (χ3n) is 5.25. The molecular formula is C25H37IN4O2. The number of benzene rings is 2. The molecule has 2 N–H and O–H groups in total. The summed E-state index contributed by atoms with van der Waals surface area (Å²) in [4.78, 5) is 6.82. The van der Waals surface area contributed by atoms with Crippen molar-refractivity contribution in [2.45, 2.75) is 33.5 Å². The van der Waals surface area contributed by atoms with E-state index in [4.69, 9.17) is 9.47 Å². The van der Waals surface area contributed by atoms with Crippen LogP contribution in [0.4, 0.5) is 0 Å². The van der Waals surface area contributed by atoms with E-state index in [1.165, 1.54) is 16.7 Å². The summed E-state index contributed by atoms with van der Waals surface area (Å²) in [5, 5.41) is 6.85. The Morgan fingerprint density at radius 3 is 2.31 bits per heavy atom. The van der Waals surface area contributed by atoms with E-state index in [0.717, 1.165) is 57.7 Å². The monoisotopic (exact) mass is 552 g/mol. The van der Waals surface area contributed by atoms with Crippen LogP contribution in [0.15, 0.2) is 53.5 Å². The van der Waals surface area contributed by atoms with E-state index in [-0.39, 0.29) is 24.0 Å². The number of morpholine rings is 1. The number of guanidine groups is 1. The van der Waals surface area contributed by atoms with Gasteiger partial charge in [-0.05, 0) is 34.7 Å². The lowest BCUT2D eigenvalue weighted by Gasteiger charge is -2.27. The second kappa shape index (κ2) is 14.3. The number of ether oxygens (including phenoxy) is 2. The van der Waals surface area contributed by atoms with Gasteiger partial charge in [-0.3, -0.25) is 9.89 Å². The van der Waals surface area contributed by atoms with Crippen molar-refractivity contribution in [3.05, 3.63) is 65.2 Å². The van der Waals surface area contributed by atoms with E-state index in [0.29, 0.717) is 12.5 Å². The summed E-state index contributed by atoms with van der Waals surface area (Å²) in [5.41, 5.74) is 3.83. The molecule has 0 spiro atoms. The Morgan fingerprint density at radius 1 is 1.00 bits per heavy atom. The fraction of sp³-hybridized carbons (Fsp3) is 0.480. The molecule has 1 saturated heterocycles. The van der Waals surface area contributed by atoms with Gasteiger partial charge in [-0.2, -0.15) is 0 Å². The first-order valence-electron chi connectivity index (χ1n) is 11.2. The van der Waals surface area contributed by atoms with Crippen molar-refractivity contribution in [2.24, 2.45) is 10.9 Å². The van der Waals surface area contributed by atoms with Gasteiger partial charge in [0.1, 0.15) is 5.75 Å². The summed E-state index contributed by atoms with van der Waals surface area (Å²) >= 11 is 0. The highest BCUT2D eigenvalue weighted by molar-refractivity contribution is 14.0. The number of hydrogen-bond donors (Lipinski definition) is 2. The van der Waals surface area contributed by atoms with Crippen molar-refractivity contribution in [2.75, 3.05) is 40.0 Å². The minimum atomic E-state index is 0. The molecule has 6 nitrogen and oxygen atoms in total. The Morgan fingerprint density at radius 2 is 1.66 bits per heavy atom. The van der Waals surface area contributed by atoms with Gasteiger partial charge in [0.25, 0.3) is 0 Å². The molecule has 0 radical (unpaired) electrons. The second-order valence-electron chi connectivity index (χ2n) is 8.29. The maximum atomic E-state index is 5.76. The summed E-state index contributed by atoms with van der Waals surface area (Å²) < 4.78 is 11.2. The number of nitrogens with one attached hydrogen (secondary N) is 2. The summed E-state index contributed by atoms with van der Waals surface area (Å²) in [5.74, 6) is 2.23. The molecule has 3 rings (SSSR count). The first-order valence-corrected chi connectivity index (χ1v) is 11.2. The predicted molar refractivity (Wildman–Crippen MR) is 142 cm³/mol. The number of aliphatic imine (C=N–C) groups is 1.